The zero-order valence-corrected chi connectivity index (χ0v) is 9.19. The summed E-state index contributed by atoms with van der Waals surface area (Å²) in [5.74, 6) is -1.03. The van der Waals surface area contributed by atoms with Gasteiger partial charge in [-0.05, 0) is 19.9 Å². The van der Waals surface area contributed by atoms with Crippen LogP contribution < -0.4 is 5.32 Å². The molecule has 1 N–H and O–H groups in total. The molecule has 6 heteroatoms. The van der Waals surface area contributed by atoms with Gasteiger partial charge < -0.3 is 10.1 Å². The first-order valence-corrected chi connectivity index (χ1v) is 4.87. The maximum Gasteiger partial charge on any atom is 0.396 e. The number of esters is 1. The van der Waals surface area contributed by atoms with Crippen LogP contribution in [0.4, 0.5) is 0 Å². The van der Waals surface area contributed by atoms with E-state index in [4.69, 9.17) is 0 Å². The molecule has 0 radical (unpaired) electrons. The van der Waals surface area contributed by atoms with Crippen molar-refractivity contribution in [2.45, 2.75) is 20.4 Å². The van der Waals surface area contributed by atoms with Crippen LogP contribution in [0.3, 0.4) is 0 Å². The molecule has 0 aliphatic carbocycles. The molecule has 0 spiro atoms. The molecule has 1 amide bonds. The molecule has 0 aromatic carbocycles. The minimum atomic E-state index is -0.881. The van der Waals surface area contributed by atoms with Crippen molar-refractivity contribution in [3.63, 3.8) is 0 Å². The SMILES string of the molecule is CCOC(=O)C(=O)NCc1ccnc(C)n1. The number of rotatable bonds is 3. The molecule has 0 saturated heterocycles. The minimum Gasteiger partial charge on any atom is -0.459 e. The zero-order valence-electron chi connectivity index (χ0n) is 9.19. The number of carbonyl (C=O) groups excluding carboxylic acids is 2. The Morgan fingerprint density at radius 3 is 2.88 bits per heavy atom. The maximum atomic E-state index is 11.2. The molecule has 1 rings (SSSR count). The van der Waals surface area contributed by atoms with Crippen molar-refractivity contribution in [2.24, 2.45) is 0 Å². The van der Waals surface area contributed by atoms with Crippen molar-refractivity contribution in [3.05, 3.63) is 23.8 Å². The zero-order chi connectivity index (χ0) is 12.0. The fourth-order valence-corrected chi connectivity index (χ4v) is 1.04. The number of amides is 1. The summed E-state index contributed by atoms with van der Waals surface area (Å²) < 4.78 is 4.53. The smallest absolute Gasteiger partial charge is 0.396 e. The van der Waals surface area contributed by atoms with Gasteiger partial charge >= 0.3 is 11.9 Å². The Bertz CT molecular complexity index is 393. The third kappa shape index (κ3) is 3.64. The van der Waals surface area contributed by atoms with E-state index in [1.807, 2.05) is 0 Å². The normalized spacial score (nSPS) is 9.62. The highest BCUT2D eigenvalue weighted by Gasteiger charge is 2.13. The molecule has 0 fully saturated rings. The third-order valence-electron chi connectivity index (χ3n) is 1.72. The highest BCUT2D eigenvalue weighted by Crippen LogP contribution is 1.93. The van der Waals surface area contributed by atoms with Crippen LogP contribution in [0.5, 0.6) is 0 Å². The van der Waals surface area contributed by atoms with Crippen molar-refractivity contribution in [2.75, 3.05) is 6.61 Å². The van der Waals surface area contributed by atoms with Crippen LogP contribution in [0.2, 0.25) is 0 Å². The van der Waals surface area contributed by atoms with Crippen LogP contribution in [-0.4, -0.2) is 28.5 Å². The van der Waals surface area contributed by atoms with E-state index in [2.05, 4.69) is 20.0 Å². The molecule has 0 saturated carbocycles. The number of ether oxygens (including phenoxy) is 1. The Labute approximate surface area is 93.0 Å². The molecule has 0 aliphatic rings. The van der Waals surface area contributed by atoms with Gasteiger partial charge in [-0.15, -0.1) is 0 Å². The van der Waals surface area contributed by atoms with E-state index < -0.39 is 11.9 Å². The second-order valence-corrected chi connectivity index (χ2v) is 3.00. The molecule has 1 aromatic heterocycles. The van der Waals surface area contributed by atoms with Crippen molar-refractivity contribution in [1.82, 2.24) is 15.3 Å². The van der Waals surface area contributed by atoms with E-state index in [0.29, 0.717) is 11.5 Å². The van der Waals surface area contributed by atoms with Crippen molar-refractivity contribution >= 4 is 11.9 Å². The summed E-state index contributed by atoms with van der Waals surface area (Å²) in [5.41, 5.74) is 0.644. The highest BCUT2D eigenvalue weighted by atomic mass is 16.5. The predicted molar refractivity (Wildman–Crippen MR) is 55.2 cm³/mol. The van der Waals surface area contributed by atoms with Crippen molar-refractivity contribution in [3.8, 4) is 0 Å². The lowest BCUT2D eigenvalue weighted by atomic mass is 10.4. The number of aryl methyl sites for hydroxylation is 1. The Morgan fingerprint density at radius 1 is 1.50 bits per heavy atom. The van der Waals surface area contributed by atoms with Gasteiger partial charge in [0.05, 0.1) is 18.8 Å². The van der Waals surface area contributed by atoms with Gasteiger partial charge in [-0.3, -0.25) is 4.79 Å². The topological polar surface area (TPSA) is 81.2 Å². The molecule has 0 atom stereocenters. The summed E-state index contributed by atoms with van der Waals surface area (Å²) in [6.07, 6.45) is 1.59. The van der Waals surface area contributed by atoms with Crippen LogP contribution in [0.25, 0.3) is 0 Å². The fraction of sp³-hybridized carbons (Fsp3) is 0.400. The molecular weight excluding hydrogens is 210 g/mol. The first-order valence-electron chi connectivity index (χ1n) is 4.87. The molecule has 6 nitrogen and oxygen atoms in total. The summed E-state index contributed by atoms with van der Waals surface area (Å²) in [7, 11) is 0. The van der Waals surface area contributed by atoms with Gasteiger partial charge in [0, 0.05) is 6.20 Å². The van der Waals surface area contributed by atoms with Gasteiger partial charge in [-0.2, -0.15) is 0 Å². The Hall–Kier alpha value is -1.98. The van der Waals surface area contributed by atoms with Crippen molar-refractivity contribution in [1.29, 1.82) is 0 Å². The molecule has 1 heterocycles. The summed E-state index contributed by atoms with van der Waals surface area (Å²) in [6.45, 7) is 3.75. The van der Waals surface area contributed by atoms with Crippen LogP contribution in [0.15, 0.2) is 12.3 Å². The number of hydrogen-bond acceptors (Lipinski definition) is 5. The summed E-state index contributed by atoms with van der Waals surface area (Å²) in [4.78, 5) is 30.1. The largest absolute Gasteiger partial charge is 0.459 e. The van der Waals surface area contributed by atoms with E-state index in [9.17, 15) is 9.59 Å². The van der Waals surface area contributed by atoms with E-state index in [1.165, 1.54) is 0 Å². The minimum absolute atomic E-state index is 0.179. The quantitative estimate of drug-likeness (QED) is 0.574. The van der Waals surface area contributed by atoms with E-state index in [-0.39, 0.29) is 13.2 Å². The molecule has 86 valence electrons. The lowest BCUT2D eigenvalue weighted by Gasteiger charge is -2.04. The lowest BCUT2D eigenvalue weighted by Crippen LogP contribution is -2.32. The molecule has 0 unspecified atom stereocenters. The van der Waals surface area contributed by atoms with E-state index >= 15 is 0 Å². The van der Waals surface area contributed by atoms with Gasteiger partial charge in [0.2, 0.25) is 0 Å². The second kappa shape index (κ2) is 5.79. The number of nitrogens with one attached hydrogen (secondary N) is 1. The van der Waals surface area contributed by atoms with Gasteiger partial charge in [-0.1, -0.05) is 0 Å². The van der Waals surface area contributed by atoms with Gasteiger partial charge in [0.25, 0.3) is 0 Å². The van der Waals surface area contributed by atoms with E-state index in [0.717, 1.165) is 0 Å². The lowest BCUT2D eigenvalue weighted by molar-refractivity contribution is -0.154. The second-order valence-electron chi connectivity index (χ2n) is 3.00. The van der Waals surface area contributed by atoms with Gasteiger partial charge in [0.15, 0.2) is 0 Å². The molecule has 0 aliphatic heterocycles. The number of hydrogen-bond donors (Lipinski definition) is 1. The molecule has 16 heavy (non-hydrogen) atoms. The van der Waals surface area contributed by atoms with Gasteiger partial charge in [-0.25, -0.2) is 14.8 Å². The highest BCUT2D eigenvalue weighted by molar-refractivity contribution is 6.32. The number of carbonyl (C=O) groups is 2. The van der Waals surface area contributed by atoms with Crippen molar-refractivity contribution < 1.29 is 14.3 Å². The molecular formula is C10H13N3O3. The van der Waals surface area contributed by atoms with Gasteiger partial charge in [0.1, 0.15) is 5.82 Å². The van der Waals surface area contributed by atoms with Crippen LogP contribution in [0, 0.1) is 6.92 Å². The first-order chi connectivity index (χ1) is 7.63. The number of nitrogens with zero attached hydrogens (tertiary/aromatic N) is 2. The number of aromatic nitrogens is 2. The molecule has 0 bridgehead atoms. The fourth-order valence-electron chi connectivity index (χ4n) is 1.04. The van der Waals surface area contributed by atoms with E-state index in [1.54, 1.807) is 26.1 Å². The monoisotopic (exact) mass is 223 g/mol. The Morgan fingerprint density at radius 2 is 2.25 bits per heavy atom. The average molecular weight is 223 g/mol. The maximum absolute atomic E-state index is 11.2. The van der Waals surface area contributed by atoms with Crippen LogP contribution >= 0.6 is 0 Å². The molecule has 1 aromatic rings. The average Bonchev–Trinajstić information content (AvgIpc) is 2.26. The first kappa shape index (κ1) is 12.1. The Kier molecular flexibility index (Phi) is 4.38. The standard InChI is InChI=1S/C10H13N3O3/c1-3-16-10(15)9(14)12-6-8-4-5-11-7(2)13-8/h4-5H,3,6H2,1-2H3,(H,12,14). The summed E-state index contributed by atoms with van der Waals surface area (Å²) in [6, 6.07) is 1.67. The van der Waals surface area contributed by atoms with Crippen LogP contribution in [0.1, 0.15) is 18.4 Å². The summed E-state index contributed by atoms with van der Waals surface area (Å²) in [5, 5.41) is 2.41. The summed E-state index contributed by atoms with van der Waals surface area (Å²) >= 11 is 0. The Balaban J connectivity index is 2.46. The predicted octanol–water partition coefficient (Wildman–Crippen LogP) is -0.0357. The third-order valence-corrected chi connectivity index (χ3v) is 1.72. The van der Waals surface area contributed by atoms with Crippen LogP contribution in [-0.2, 0) is 20.9 Å².